The van der Waals surface area contributed by atoms with E-state index in [-0.39, 0.29) is 6.04 Å². The molecule has 0 saturated heterocycles. The molecule has 1 fully saturated rings. The third kappa shape index (κ3) is 2.40. The fourth-order valence-corrected chi connectivity index (χ4v) is 3.51. The molecule has 0 heterocycles. The third-order valence-corrected chi connectivity index (χ3v) is 4.69. The Morgan fingerprint density at radius 2 is 1.63 bits per heavy atom. The Morgan fingerprint density at radius 3 is 2.37 bits per heavy atom. The van der Waals surface area contributed by atoms with Crippen LogP contribution in [-0.4, -0.2) is 0 Å². The second-order valence-electron chi connectivity index (χ2n) is 5.94. The molecule has 0 aliphatic heterocycles. The lowest BCUT2D eigenvalue weighted by atomic mass is 9.80. The summed E-state index contributed by atoms with van der Waals surface area (Å²) in [6.07, 6.45) is 6.68. The molecule has 0 unspecified atom stereocenters. The fraction of sp³-hybridized carbons (Fsp3) is 0.444. The molecule has 1 atom stereocenters. The second-order valence-corrected chi connectivity index (χ2v) is 5.94. The van der Waals surface area contributed by atoms with Crippen molar-refractivity contribution in [3.8, 4) is 0 Å². The molecule has 0 bridgehead atoms. The number of nitrogens with two attached hydrogens (primary N) is 1. The molecule has 0 aromatic heterocycles. The van der Waals surface area contributed by atoms with Gasteiger partial charge in [-0.2, -0.15) is 0 Å². The van der Waals surface area contributed by atoms with E-state index in [9.17, 15) is 0 Å². The predicted molar refractivity (Wildman–Crippen MR) is 82.2 cm³/mol. The van der Waals surface area contributed by atoms with E-state index in [0.717, 1.165) is 0 Å². The summed E-state index contributed by atoms with van der Waals surface area (Å²) in [5, 5.41) is 2.70. The van der Waals surface area contributed by atoms with Crippen molar-refractivity contribution < 1.29 is 0 Å². The minimum absolute atomic E-state index is 0.200. The van der Waals surface area contributed by atoms with Crippen LogP contribution >= 0.6 is 0 Å². The van der Waals surface area contributed by atoms with Crippen LogP contribution in [0.3, 0.4) is 0 Å². The van der Waals surface area contributed by atoms with Crippen LogP contribution < -0.4 is 5.73 Å². The van der Waals surface area contributed by atoms with Gasteiger partial charge in [-0.1, -0.05) is 55.7 Å². The van der Waals surface area contributed by atoms with Crippen molar-refractivity contribution in [2.24, 2.45) is 11.7 Å². The van der Waals surface area contributed by atoms with Gasteiger partial charge >= 0.3 is 0 Å². The van der Waals surface area contributed by atoms with E-state index in [1.165, 1.54) is 54.0 Å². The Hall–Kier alpha value is -1.34. The molecule has 1 heteroatoms. The van der Waals surface area contributed by atoms with Crippen LogP contribution in [0.25, 0.3) is 10.8 Å². The quantitative estimate of drug-likeness (QED) is 0.822. The Balaban J connectivity index is 2.02. The molecule has 2 aromatic carbocycles. The van der Waals surface area contributed by atoms with Crippen LogP contribution in [0.2, 0.25) is 0 Å². The standard InChI is InChI=1S/C18H23N/c1-13-11-12-17(16-10-6-5-9-15(13)16)18(19)14-7-3-2-4-8-14/h5-6,9-12,14,18H,2-4,7-8,19H2,1H3/t18-/m1/s1. The zero-order valence-corrected chi connectivity index (χ0v) is 11.7. The Bertz CT molecular complexity index is 567. The summed E-state index contributed by atoms with van der Waals surface area (Å²) in [6, 6.07) is 13.3. The van der Waals surface area contributed by atoms with E-state index in [1.54, 1.807) is 0 Å². The smallest absolute Gasteiger partial charge is 0.0329 e. The lowest BCUT2D eigenvalue weighted by Gasteiger charge is -2.28. The molecule has 1 aliphatic carbocycles. The van der Waals surface area contributed by atoms with Crippen molar-refractivity contribution in [3.63, 3.8) is 0 Å². The summed E-state index contributed by atoms with van der Waals surface area (Å²) in [5.74, 6) is 0.667. The number of benzene rings is 2. The van der Waals surface area contributed by atoms with Gasteiger partial charge in [-0.15, -0.1) is 0 Å². The molecule has 1 saturated carbocycles. The summed E-state index contributed by atoms with van der Waals surface area (Å²) in [6.45, 7) is 2.18. The largest absolute Gasteiger partial charge is 0.324 e. The van der Waals surface area contributed by atoms with Gasteiger partial charge in [0.1, 0.15) is 0 Å². The Kier molecular flexibility index (Phi) is 3.56. The molecular weight excluding hydrogens is 230 g/mol. The van der Waals surface area contributed by atoms with Crippen molar-refractivity contribution in [1.29, 1.82) is 0 Å². The van der Waals surface area contributed by atoms with Gasteiger partial charge in [0.05, 0.1) is 0 Å². The zero-order chi connectivity index (χ0) is 13.2. The molecule has 2 N–H and O–H groups in total. The predicted octanol–water partition coefficient (Wildman–Crippen LogP) is 4.73. The second kappa shape index (κ2) is 5.34. The molecule has 2 aromatic rings. The summed E-state index contributed by atoms with van der Waals surface area (Å²) in [5.41, 5.74) is 9.27. The molecule has 1 nitrogen and oxygen atoms in total. The van der Waals surface area contributed by atoms with Gasteiger partial charge in [-0.3, -0.25) is 0 Å². The van der Waals surface area contributed by atoms with E-state index in [4.69, 9.17) is 5.73 Å². The number of fused-ring (bicyclic) bond motifs is 1. The van der Waals surface area contributed by atoms with Gasteiger partial charge in [0.2, 0.25) is 0 Å². The maximum atomic E-state index is 6.59. The van der Waals surface area contributed by atoms with Crippen LogP contribution in [0.15, 0.2) is 36.4 Å². The van der Waals surface area contributed by atoms with Crippen molar-refractivity contribution >= 4 is 10.8 Å². The van der Waals surface area contributed by atoms with Crippen LogP contribution in [0.5, 0.6) is 0 Å². The maximum Gasteiger partial charge on any atom is 0.0329 e. The highest BCUT2D eigenvalue weighted by Gasteiger charge is 2.23. The highest BCUT2D eigenvalue weighted by atomic mass is 14.7. The molecule has 0 radical (unpaired) electrons. The maximum absolute atomic E-state index is 6.59. The molecule has 100 valence electrons. The van der Waals surface area contributed by atoms with Crippen LogP contribution in [0.4, 0.5) is 0 Å². The van der Waals surface area contributed by atoms with E-state index in [2.05, 4.69) is 43.3 Å². The number of hydrogen-bond donors (Lipinski definition) is 1. The first kappa shape index (κ1) is 12.7. The molecular formula is C18H23N. The minimum atomic E-state index is 0.200. The average molecular weight is 253 g/mol. The SMILES string of the molecule is Cc1ccc([C@H](N)C2CCCCC2)c2ccccc12. The highest BCUT2D eigenvalue weighted by molar-refractivity contribution is 5.88. The molecule has 3 rings (SSSR count). The molecule has 0 amide bonds. The lowest BCUT2D eigenvalue weighted by molar-refractivity contribution is 0.309. The van der Waals surface area contributed by atoms with Gasteiger partial charge in [0.15, 0.2) is 0 Å². The van der Waals surface area contributed by atoms with Crippen molar-refractivity contribution in [1.82, 2.24) is 0 Å². The van der Waals surface area contributed by atoms with E-state index in [1.807, 2.05) is 0 Å². The minimum Gasteiger partial charge on any atom is -0.324 e. The van der Waals surface area contributed by atoms with E-state index in [0.29, 0.717) is 5.92 Å². The van der Waals surface area contributed by atoms with Crippen LogP contribution in [-0.2, 0) is 0 Å². The summed E-state index contributed by atoms with van der Waals surface area (Å²) < 4.78 is 0. The van der Waals surface area contributed by atoms with Gasteiger partial charge in [0, 0.05) is 6.04 Å². The molecule has 1 aliphatic rings. The van der Waals surface area contributed by atoms with Crippen LogP contribution in [0, 0.1) is 12.8 Å². The third-order valence-electron chi connectivity index (χ3n) is 4.69. The highest BCUT2D eigenvalue weighted by Crippen LogP contribution is 2.36. The average Bonchev–Trinajstić information content (AvgIpc) is 2.48. The lowest BCUT2D eigenvalue weighted by Crippen LogP contribution is -2.23. The number of aryl methyl sites for hydroxylation is 1. The van der Waals surface area contributed by atoms with E-state index >= 15 is 0 Å². The van der Waals surface area contributed by atoms with Gasteiger partial charge in [-0.25, -0.2) is 0 Å². The molecule has 19 heavy (non-hydrogen) atoms. The fourth-order valence-electron chi connectivity index (χ4n) is 3.51. The Morgan fingerprint density at radius 1 is 0.947 bits per heavy atom. The Labute approximate surface area is 115 Å². The number of hydrogen-bond acceptors (Lipinski definition) is 1. The molecule has 0 spiro atoms. The normalized spacial score (nSPS) is 18.6. The first-order valence-corrected chi connectivity index (χ1v) is 7.51. The topological polar surface area (TPSA) is 26.0 Å². The van der Waals surface area contributed by atoms with Crippen molar-refractivity contribution in [2.45, 2.75) is 45.1 Å². The van der Waals surface area contributed by atoms with Gasteiger partial charge in [-0.05, 0) is 47.6 Å². The monoisotopic (exact) mass is 253 g/mol. The van der Waals surface area contributed by atoms with Crippen molar-refractivity contribution in [2.75, 3.05) is 0 Å². The van der Waals surface area contributed by atoms with Gasteiger partial charge in [0.25, 0.3) is 0 Å². The summed E-state index contributed by atoms with van der Waals surface area (Å²) in [4.78, 5) is 0. The van der Waals surface area contributed by atoms with Crippen molar-refractivity contribution in [3.05, 3.63) is 47.5 Å². The zero-order valence-electron chi connectivity index (χ0n) is 11.7. The summed E-state index contributed by atoms with van der Waals surface area (Å²) in [7, 11) is 0. The van der Waals surface area contributed by atoms with Gasteiger partial charge < -0.3 is 5.73 Å². The first-order valence-electron chi connectivity index (χ1n) is 7.51. The first-order chi connectivity index (χ1) is 9.27. The summed E-state index contributed by atoms with van der Waals surface area (Å²) >= 11 is 0. The van der Waals surface area contributed by atoms with Crippen LogP contribution in [0.1, 0.15) is 49.3 Å². The van der Waals surface area contributed by atoms with E-state index < -0.39 is 0 Å². The number of rotatable bonds is 2.